The Morgan fingerprint density at radius 2 is 2.40 bits per heavy atom. The minimum Gasteiger partial charge on any atom is -0.468 e. The van der Waals surface area contributed by atoms with Gasteiger partial charge in [-0.1, -0.05) is 0 Å². The Kier molecular flexibility index (Phi) is 7.20. The molecule has 0 atom stereocenters. The number of halogens is 2. The molecule has 0 aliphatic carbocycles. The molecule has 134 valence electrons. The Hall–Kier alpha value is -2.62. The van der Waals surface area contributed by atoms with E-state index in [0.29, 0.717) is 30.7 Å². The molecule has 25 heavy (non-hydrogen) atoms. The van der Waals surface area contributed by atoms with Gasteiger partial charge in [0.25, 0.3) is 6.47 Å². The molecule has 0 saturated carbocycles. The van der Waals surface area contributed by atoms with Crippen molar-refractivity contribution in [3.63, 3.8) is 0 Å². The number of aliphatic imine (C=N–C) groups is 1. The van der Waals surface area contributed by atoms with Crippen LogP contribution in [-0.4, -0.2) is 42.7 Å². The zero-order valence-corrected chi connectivity index (χ0v) is 14.0. The van der Waals surface area contributed by atoms with Gasteiger partial charge in [0, 0.05) is 29.0 Å². The average molecular weight is 369 g/mol. The van der Waals surface area contributed by atoms with Crippen LogP contribution in [0.4, 0.5) is 8.78 Å². The van der Waals surface area contributed by atoms with Crippen LogP contribution in [0.15, 0.2) is 40.1 Å². The van der Waals surface area contributed by atoms with E-state index in [2.05, 4.69) is 20.0 Å². The van der Waals surface area contributed by atoms with Gasteiger partial charge in [-0.05, 0) is 18.9 Å². The quantitative estimate of drug-likeness (QED) is 0.254. The number of aromatic nitrogens is 1. The second-order valence-corrected chi connectivity index (χ2v) is 5.76. The van der Waals surface area contributed by atoms with Crippen LogP contribution in [0.25, 0.3) is 0 Å². The lowest BCUT2D eigenvalue weighted by Crippen LogP contribution is -2.31. The minimum atomic E-state index is -2.68. The summed E-state index contributed by atoms with van der Waals surface area (Å²) >= 11 is 1.43. The number of nitrogens with zero attached hydrogens (tertiary/aromatic N) is 2. The van der Waals surface area contributed by atoms with E-state index in [-0.39, 0.29) is 18.9 Å². The second kappa shape index (κ2) is 9.62. The van der Waals surface area contributed by atoms with Crippen molar-refractivity contribution in [3.05, 3.63) is 40.1 Å². The van der Waals surface area contributed by atoms with Gasteiger partial charge >= 0.3 is 6.55 Å². The van der Waals surface area contributed by atoms with E-state index in [4.69, 9.17) is 5.41 Å². The van der Waals surface area contributed by atoms with Crippen LogP contribution >= 0.6 is 11.3 Å². The van der Waals surface area contributed by atoms with Crippen molar-refractivity contribution in [3.8, 4) is 0 Å². The maximum absolute atomic E-state index is 12.1. The van der Waals surface area contributed by atoms with Crippen molar-refractivity contribution in [1.82, 2.24) is 15.6 Å². The van der Waals surface area contributed by atoms with Crippen molar-refractivity contribution in [1.29, 1.82) is 5.41 Å². The van der Waals surface area contributed by atoms with Gasteiger partial charge < -0.3 is 20.8 Å². The van der Waals surface area contributed by atoms with E-state index in [9.17, 15) is 13.6 Å². The lowest BCUT2D eigenvalue weighted by atomic mass is 10.0. The van der Waals surface area contributed by atoms with Gasteiger partial charge in [-0.2, -0.15) is 8.78 Å². The number of carbonyl (C=O) groups is 1. The fraction of sp³-hybridized carbons (Fsp3) is 0.333. The predicted molar refractivity (Wildman–Crippen MR) is 90.9 cm³/mol. The first-order chi connectivity index (χ1) is 12.1. The average Bonchev–Trinajstić information content (AvgIpc) is 3.13. The van der Waals surface area contributed by atoms with E-state index in [0.717, 1.165) is 16.9 Å². The maximum atomic E-state index is 12.1. The van der Waals surface area contributed by atoms with Gasteiger partial charge in [0.1, 0.15) is 0 Å². The Bertz CT molecular complexity index is 686. The first kappa shape index (κ1) is 18.7. The smallest absolute Gasteiger partial charge is 0.312 e. The predicted octanol–water partition coefficient (Wildman–Crippen LogP) is 2.05. The first-order valence-electron chi connectivity index (χ1n) is 7.40. The van der Waals surface area contributed by atoms with Crippen LogP contribution in [-0.2, 0) is 9.53 Å². The highest BCUT2D eigenvalue weighted by molar-refractivity contribution is 7.11. The zero-order chi connectivity index (χ0) is 18.1. The lowest BCUT2D eigenvalue weighted by Gasteiger charge is -2.21. The summed E-state index contributed by atoms with van der Waals surface area (Å²) in [6.07, 6.45) is 5.04. The summed E-state index contributed by atoms with van der Waals surface area (Å²) in [4.78, 5) is 18.8. The van der Waals surface area contributed by atoms with Crippen LogP contribution in [0.1, 0.15) is 17.8 Å². The van der Waals surface area contributed by atoms with Crippen molar-refractivity contribution >= 4 is 29.4 Å². The van der Waals surface area contributed by atoms with Crippen molar-refractivity contribution in [2.24, 2.45) is 4.99 Å². The Morgan fingerprint density at radius 1 is 1.56 bits per heavy atom. The Morgan fingerprint density at radius 3 is 3.08 bits per heavy atom. The number of carbonyl (C=O) groups excluding carboxylic acids is 1. The summed E-state index contributed by atoms with van der Waals surface area (Å²) in [6.45, 7) is -1.81. The highest BCUT2D eigenvalue weighted by Crippen LogP contribution is 2.18. The molecule has 0 amide bonds. The van der Waals surface area contributed by atoms with Gasteiger partial charge in [0.15, 0.2) is 10.8 Å². The number of amidine groups is 1. The van der Waals surface area contributed by atoms with Gasteiger partial charge in [0.05, 0.1) is 18.9 Å². The molecule has 10 heteroatoms. The number of nitrogens with one attached hydrogen (secondary N) is 3. The van der Waals surface area contributed by atoms with Gasteiger partial charge in [0.2, 0.25) is 0 Å². The van der Waals surface area contributed by atoms with Crippen LogP contribution in [0.5, 0.6) is 0 Å². The number of ether oxygens (including phenoxy) is 1. The largest absolute Gasteiger partial charge is 0.468 e. The molecule has 1 aliphatic rings. The molecule has 0 bridgehead atoms. The third-order valence-electron chi connectivity index (χ3n) is 3.22. The highest BCUT2D eigenvalue weighted by atomic mass is 32.1. The molecule has 1 aromatic rings. The molecule has 3 N–H and O–H groups in total. The zero-order valence-electron chi connectivity index (χ0n) is 13.2. The standard InChI is InChI=1S/C15H17F2N5O2S/c16-15(17)20-4-3-11(18)10-8-21-13(14-19-5-7-25-14)22-12(10)2-1-6-24-9-23/h3-5,7,9,15,18,20H,1-2,6,8H2,(H,21,22)/b4-3-,18-11?. The molecule has 0 saturated heterocycles. The highest BCUT2D eigenvalue weighted by Gasteiger charge is 2.19. The molecule has 7 nitrogen and oxygen atoms in total. The lowest BCUT2D eigenvalue weighted by molar-refractivity contribution is -0.128. The molecule has 0 aromatic carbocycles. The first-order valence-corrected chi connectivity index (χ1v) is 8.28. The minimum absolute atomic E-state index is 0.0777. The number of hydrogen-bond donors (Lipinski definition) is 3. The normalized spacial score (nSPS) is 14.4. The molecule has 1 aromatic heterocycles. The topological polar surface area (TPSA) is 99.5 Å². The summed E-state index contributed by atoms with van der Waals surface area (Å²) < 4.78 is 28.9. The van der Waals surface area contributed by atoms with Crippen molar-refractivity contribution in [2.45, 2.75) is 19.4 Å². The van der Waals surface area contributed by atoms with E-state index >= 15 is 0 Å². The Balaban J connectivity index is 2.10. The molecule has 0 spiro atoms. The summed E-state index contributed by atoms with van der Waals surface area (Å²) in [6, 6.07) is 0. The maximum Gasteiger partial charge on any atom is 0.312 e. The van der Waals surface area contributed by atoms with Gasteiger partial charge in [-0.25, -0.2) is 4.98 Å². The van der Waals surface area contributed by atoms with Crippen molar-refractivity contribution < 1.29 is 18.3 Å². The molecule has 0 fully saturated rings. The van der Waals surface area contributed by atoms with Crippen LogP contribution in [0, 0.1) is 5.41 Å². The third-order valence-corrected chi connectivity index (χ3v) is 4.00. The molecule has 0 radical (unpaired) electrons. The Labute approximate surface area is 147 Å². The molecular weight excluding hydrogens is 352 g/mol. The molecule has 2 rings (SSSR count). The van der Waals surface area contributed by atoms with Crippen molar-refractivity contribution in [2.75, 3.05) is 13.2 Å². The second-order valence-electron chi connectivity index (χ2n) is 4.87. The molecular formula is C15H17F2N5O2S. The number of thiazole rings is 1. The number of allylic oxidation sites excluding steroid dienone is 2. The van der Waals surface area contributed by atoms with E-state index in [1.165, 1.54) is 17.4 Å². The molecule has 1 aliphatic heterocycles. The van der Waals surface area contributed by atoms with Crippen LogP contribution in [0.2, 0.25) is 0 Å². The number of hydrogen-bond acceptors (Lipinski definition) is 8. The number of alkyl halides is 2. The summed E-state index contributed by atoms with van der Waals surface area (Å²) in [5, 5.41) is 15.6. The van der Waals surface area contributed by atoms with Crippen LogP contribution < -0.4 is 10.6 Å². The van der Waals surface area contributed by atoms with Gasteiger partial charge in [-0.3, -0.25) is 9.79 Å². The fourth-order valence-corrected chi connectivity index (χ4v) is 2.72. The van der Waals surface area contributed by atoms with Crippen LogP contribution in [0.3, 0.4) is 0 Å². The summed E-state index contributed by atoms with van der Waals surface area (Å²) in [5.41, 5.74) is 1.41. The third kappa shape index (κ3) is 5.75. The molecule has 2 heterocycles. The van der Waals surface area contributed by atoms with E-state index in [1.54, 1.807) is 6.20 Å². The summed E-state index contributed by atoms with van der Waals surface area (Å²) in [7, 11) is 0. The SMILES string of the molecule is N=C(/C=C\NC(F)F)C1=C(CCCOC=O)NC(c2nccs2)=NC1. The molecule has 0 unspecified atom stereocenters. The summed E-state index contributed by atoms with van der Waals surface area (Å²) in [5.74, 6) is 0.604. The monoisotopic (exact) mass is 369 g/mol. The fourth-order valence-electron chi connectivity index (χ4n) is 2.12. The number of rotatable bonds is 10. The van der Waals surface area contributed by atoms with Gasteiger partial charge in [-0.15, -0.1) is 11.3 Å². The van der Waals surface area contributed by atoms with E-state index in [1.807, 2.05) is 10.7 Å². The van der Waals surface area contributed by atoms with E-state index < -0.39 is 6.55 Å².